The highest BCUT2D eigenvalue weighted by molar-refractivity contribution is 4.69. The lowest BCUT2D eigenvalue weighted by atomic mass is 10.5. The topological polar surface area (TPSA) is 9.23 Å². The summed E-state index contributed by atoms with van der Waals surface area (Å²) in [4.78, 5) is 0. The van der Waals surface area contributed by atoms with Crippen LogP contribution in [-0.2, 0) is 4.74 Å². The summed E-state index contributed by atoms with van der Waals surface area (Å²) in [5.74, 6) is 0. The molecule has 0 atom stereocenters. The van der Waals surface area contributed by atoms with E-state index >= 15 is 0 Å². The molecule has 0 spiro atoms. The Morgan fingerprint density at radius 2 is 2.50 bits per heavy atom. The molecule has 0 rings (SSSR count). The van der Waals surface area contributed by atoms with E-state index in [2.05, 4.69) is 11.8 Å². The average Bonchev–Trinajstić information content (AvgIpc) is 1.61. The molecule has 35 valence electrons. The van der Waals surface area contributed by atoms with E-state index < -0.39 is 0 Å². The van der Waals surface area contributed by atoms with Crippen LogP contribution in [0.3, 0.4) is 0 Å². The summed E-state index contributed by atoms with van der Waals surface area (Å²) in [5, 5.41) is 0. The van der Waals surface area contributed by atoms with Crippen molar-refractivity contribution in [2.24, 2.45) is 0 Å². The molecular weight excluding hydrogens is 76.1 g/mol. The van der Waals surface area contributed by atoms with Gasteiger partial charge in [0.25, 0.3) is 0 Å². The van der Waals surface area contributed by atoms with Crippen LogP contribution in [-0.4, -0.2) is 0 Å². The van der Waals surface area contributed by atoms with Crippen LogP contribution in [0.4, 0.5) is 0 Å². The Labute approximate surface area is 38.6 Å². The lowest BCUT2D eigenvalue weighted by Gasteiger charge is -1.79. The quantitative estimate of drug-likeness (QED) is 0.464. The maximum absolute atomic E-state index is 4.35. The minimum atomic E-state index is 1.01. The van der Waals surface area contributed by atoms with Gasteiger partial charge in [-0.05, 0) is 6.42 Å². The number of hydrogen-bond donors (Lipinski definition) is 0. The Balaban J connectivity index is 2.73. The molecule has 0 aliphatic heterocycles. The summed E-state index contributed by atoms with van der Waals surface area (Å²) in [6, 6.07) is 0. The molecule has 0 aliphatic rings. The van der Waals surface area contributed by atoms with Crippen molar-refractivity contribution in [1.29, 1.82) is 0 Å². The molecule has 0 aromatic heterocycles. The average molecular weight is 85.1 g/mol. The summed E-state index contributed by atoms with van der Waals surface area (Å²) < 4.78 is 4.35. The summed E-state index contributed by atoms with van der Waals surface area (Å²) in [7, 11) is 3.14. The van der Waals surface area contributed by atoms with Crippen LogP contribution in [0, 0.1) is 7.11 Å². The lowest BCUT2D eigenvalue weighted by Crippen LogP contribution is -1.57. The Kier molecular flexibility index (Phi) is 4.19. The predicted octanol–water partition coefficient (Wildman–Crippen LogP) is 1.72. The molecule has 0 amide bonds. The Bertz CT molecular complexity index is 33.2. The van der Waals surface area contributed by atoms with Crippen molar-refractivity contribution < 1.29 is 4.74 Å². The monoisotopic (exact) mass is 85.1 g/mol. The zero-order valence-corrected chi connectivity index (χ0v) is 3.98. The van der Waals surface area contributed by atoms with E-state index in [1.807, 2.05) is 13.0 Å². The smallest absolute Gasteiger partial charge is 0.121 e. The Morgan fingerprint density at radius 3 is 2.67 bits per heavy atom. The standard InChI is InChI=1S/C5H9O/c1-3-4-5-6-2/h4-5H,2-3H2,1H3/b5-4+. The molecule has 0 heterocycles. The van der Waals surface area contributed by atoms with Crippen LogP contribution in [0.2, 0.25) is 0 Å². The molecule has 0 aromatic carbocycles. The van der Waals surface area contributed by atoms with Gasteiger partial charge in [0.2, 0.25) is 0 Å². The van der Waals surface area contributed by atoms with Gasteiger partial charge in [0, 0.05) is 0 Å². The third kappa shape index (κ3) is 3.54. The highest BCUT2D eigenvalue weighted by Crippen LogP contribution is 1.77. The van der Waals surface area contributed by atoms with Gasteiger partial charge in [0.1, 0.15) is 7.11 Å². The summed E-state index contributed by atoms with van der Waals surface area (Å²) in [5.41, 5.74) is 0. The second-order valence-corrected chi connectivity index (χ2v) is 0.947. The van der Waals surface area contributed by atoms with Crippen LogP contribution < -0.4 is 0 Å². The number of rotatable bonds is 2. The lowest BCUT2D eigenvalue weighted by molar-refractivity contribution is 0.392. The van der Waals surface area contributed by atoms with E-state index in [0.29, 0.717) is 0 Å². The zero-order chi connectivity index (χ0) is 4.83. The second-order valence-electron chi connectivity index (χ2n) is 0.947. The Hall–Kier alpha value is -0.460. The van der Waals surface area contributed by atoms with Gasteiger partial charge in [0.15, 0.2) is 0 Å². The molecule has 1 nitrogen and oxygen atoms in total. The number of allylic oxidation sites excluding steroid dienone is 1. The molecule has 0 N–H and O–H groups in total. The maximum Gasteiger partial charge on any atom is 0.121 e. The first-order valence-electron chi connectivity index (χ1n) is 1.97. The maximum atomic E-state index is 4.35. The van der Waals surface area contributed by atoms with E-state index in [1.165, 1.54) is 0 Å². The van der Waals surface area contributed by atoms with E-state index in [-0.39, 0.29) is 0 Å². The van der Waals surface area contributed by atoms with Crippen LogP contribution >= 0.6 is 0 Å². The third-order valence-electron chi connectivity index (χ3n) is 0.428. The van der Waals surface area contributed by atoms with Gasteiger partial charge in [-0.15, -0.1) is 0 Å². The van der Waals surface area contributed by atoms with Gasteiger partial charge in [-0.2, -0.15) is 0 Å². The van der Waals surface area contributed by atoms with Crippen LogP contribution in [0.5, 0.6) is 0 Å². The van der Waals surface area contributed by atoms with Gasteiger partial charge in [-0.25, -0.2) is 0 Å². The van der Waals surface area contributed by atoms with Crippen LogP contribution in [0.25, 0.3) is 0 Å². The first-order chi connectivity index (χ1) is 2.91. The van der Waals surface area contributed by atoms with E-state index in [0.717, 1.165) is 6.42 Å². The molecule has 0 aliphatic carbocycles. The minimum absolute atomic E-state index is 1.01. The Morgan fingerprint density at radius 1 is 1.83 bits per heavy atom. The van der Waals surface area contributed by atoms with Crippen molar-refractivity contribution in [3.8, 4) is 0 Å². The fourth-order valence-corrected chi connectivity index (χ4v) is 0.164. The molecule has 0 aromatic rings. The molecule has 6 heavy (non-hydrogen) atoms. The molecule has 0 unspecified atom stereocenters. The highest BCUT2D eigenvalue weighted by Gasteiger charge is 1.58. The van der Waals surface area contributed by atoms with E-state index in [4.69, 9.17) is 0 Å². The van der Waals surface area contributed by atoms with Crippen molar-refractivity contribution in [1.82, 2.24) is 0 Å². The van der Waals surface area contributed by atoms with Gasteiger partial charge < -0.3 is 4.74 Å². The first kappa shape index (κ1) is 5.54. The van der Waals surface area contributed by atoms with Gasteiger partial charge in [-0.3, -0.25) is 0 Å². The normalized spacial score (nSPS) is 9.67. The summed E-state index contributed by atoms with van der Waals surface area (Å²) in [6.07, 6.45) is 4.47. The fraction of sp³-hybridized carbons (Fsp3) is 0.400. The highest BCUT2D eigenvalue weighted by atomic mass is 16.5. The van der Waals surface area contributed by atoms with E-state index in [9.17, 15) is 0 Å². The molecule has 0 saturated heterocycles. The minimum Gasteiger partial charge on any atom is -0.498 e. The summed E-state index contributed by atoms with van der Waals surface area (Å²) in [6.45, 7) is 2.04. The molecule has 0 fully saturated rings. The predicted molar refractivity (Wildman–Crippen MR) is 25.9 cm³/mol. The second kappa shape index (κ2) is 4.54. The van der Waals surface area contributed by atoms with Gasteiger partial charge >= 0.3 is 0 Å². The van der Waals surface area contributed by atoms with Gasteiger partial charge in [-0.1, -0.05) is 13.0 Å². The van der Waals surface area contributed by atoms with Crippen molar-refractivity contribution in [2.75, 3.05) is 0 Å². The molecule has 0 saturated carbocycles. The third-order valence-corrected chi connectivity index (χ3v) is 0.428. The molecule has 0 bridgehead atoms. The molecule has 1 radical (unpaired) electrons. The SMILES string of the molecule is [CH2]O/C=C/CC. The largest absolute Gasteiger partial charge is 0.498 e. The molecular formula is C5H9O. The zero-order valence-electron chi connectivity index (χ0n) is 3.98. The number of ether oxygens (including phenoxy) is 1. The summed E-state index contributed by atoms with van der Waals surface area (Å²) >= 11 is 0. The van der Waals surface area contributed by atoms with Crippen LogP contribution in [0.15, 0.2) is 12.3 Å². The van der Waals surface area contributed by atoms with Crippen molar-refractivity contribution >= 4 is 0 Å². The number of hydrogen-bond acceptors (Lipinski definition) is 1. The van der Waals surface area contributed by atoms with Crippen LogP contribution in [0.1, 0.15) is 13.3 Å². The van der Waals surface area contributed by atoms with Gasteiger partial charge in [0.05, 0.1) is 6.26 Å². The van der Waals surface area contributed by atoms with Crippen molar-refractivity contribution in [3.05, 3.63) is 19.4 Å². The van der Waals surface area contributed by atoms with Crippen molar-refractivity contribution in [3.63, 3.8) is 0 Å². The molecule has 1 heteroatoms. The van der Waals surface area contributed by atoms with E-state index in [1.54, 1.807) is 6.26 Å². The first-order valence-corrected chi connectivity index (χ1v) is 1.97. The van der Waals surface area contributed by atoms with Crippen molar-refractivity contribution in [2.45, 2.75) is 13.3 Å². The fourth-order valence-electron chi connectivity index (χ4n) is 0.164.